The molecule has 3 N–H and O–H groups in total. The third-order valence-corrected chi connectivity index (χ3v) is 2.67. The lowest BCUT2D eigenvalue weighted by molar-refractivity contribution is -0.384. The Balaban J connectivity index is 2.24. The Hall–Kier alpha value is -2.27. The van der Waals surface area contributed by atoms with Crippen LogP contribution >= 0.6 is 11.6 Å². The summed E-state index contributed by atoms with van der Waals surface area (Å²) in [6.45, 7) is 0. The molecule has 92 valence electrons. The van der Waals surface area contributed by atoms with Gasteiger partial charge in [-0.15, -0.1) is 0 Å². The largest absolute Gasteiger partial charge is 0.399 e. The molecule has 0 unspecified atom stereocenters. The molecule has 0 fully saturated rings. The van der Waals surface area contributed by atoms with Gasteiger partial charge in [0.15, 0.2) is 0 Å². The quantitative estimate of drug-likeness (QED) is 0.504. The number of nitrogen functional groups attached to an aromatic ring is 1. The molecule has 0 heterocycles. The van der Waals surface area contributed by atoms with Gasteiger partial charge in [-0.2, -0.15) is 0 Å². The summed E-state index contributed by atoms with van der Waals surface area (Å²) in [5.41, 5.74) is 7.61. The first-order valence-corrected chi connectivity index (χ1v) is 5.50. The SMILES string of the molecule is Nc1ccc(Nc2ccc([N+](=O)[O-])cc2Cl)cc1. The number of hydrogen-bond acceptors (Lipinski definition) is 4. The van der Waals surface area contributed by atoms with Gasteiger partial charge in [0.1, 0.15) is 0 Å². The molecule has 0 aliphatic heterocycles. The average molecular weight is 264 g/mol. The van der Waals surface area contributed by atoms with E-state index in [4.69, 9.17) is 17.3 Å². The fraction of sp³-hybridized carbons (Fsp3) is 0. The average Bonchev–Trinajstić information content (AvgIpc) is 2.34. The maximum absolute atomic E-state index is 10.6. The lowest BCUT2D eigenvalue weighted by Crippen LogP contribution is -1.94. The van der Waals surface area contributed by atoms with Gasteiger partial charge in [-0.25, -0.2) is 0 Å². The molecule has 0 aromatic heterocycles. The molecule has 0 saturated heterocycles. The van der Waals surface area contributed by atoms with Crippen LogP contribution in [0.25, 0.3) is 0 Å². The van der Waals surface area contributed by atoms with Crippen LogP contribution in [0.15, 0.2) is 42.5 Å². The zero-order valence-electron chi connectivity index (χ0n) is 9.26. The van der Waals surface area contributed by atoms with E-state index >= 15 is 0 Å². The van der Waals surface area contributed by atoms with Crippen molar-refractivity contribution in [3.05, 3.63) is 57.6 Å². The first-order valence-electron chi connectivity index (χ1n) is 5.13. The number of nitro benzene ring substituents is 1. The predicted molar refractivity (Wildman–Crippen MR) is 72.2 cm³/mol. The van der Waals surface area contributed by atoms with Gasteiger partial charge in [0.05, 0.1) is 15.6 Å². The number of anilines is 3. The van der Waals surface area contributed by atoms with Crippen LogP contribution < -0.4 is 11.1 Å². The zero-order valence-corrected chi connectivity index (χ0v) is 10.0. The molecule has 2 aromatic carbocycles. The van der Waals surface area contributed by atoms with Crippen molar-refractivity contribution in [1.82, 2.24) is 0 Å². The Morgan fingerprint density at radius 1 is 1.17 bits per heavy atom. The minimum atomic E-state index is -0.487. The van der Waals surface area contributed by atoms with E-state index in [-0.39, 0.29) is 5.69 Å². The monoisotopic (exact) mass is 263 g/mol. The van der Waals surface area contributed by atoms with Gasteiger partial charge in [0, 0.05) is 23.5 Å². The molecule has 2 aromatic rings. The molecule has 5 nitrogen and oxygen atoms in total. The summed E-state index contributed by atoms with van der Waals surface area (Å²) >= 11 is 5.96. The van der Waals surface area contributed by atoms with Crippen molar-refractivity contribution in [1.29, 1.82) is 0 Å². The van der Waals surface area contributed by atoms with Crippen LogP contribution in [0.2, 0.25) is 5.02 Å². The number of rotatable bonds is 3. The Labute approximate surface area is 108 Å². The van der Waals surface area contributed by atoms with E-state index in [2.05, 4.69) is 5.32 Å². The Bertz CT molecular complexity index is 584. The van der Waals surface area contributed by atoms with Crippen molar-refractivity contribution in [2.45, 2.75) is 0 Å². The van der Waals surface area contributed by atoms with Crippen molar-refractivity contribution in [3.8, 4) is 0 Å². The van der Waals surface area contributed by atoms with E-state index in [0.29, 0.717) is 16.4 Å². The van der Waals surface area contributed by atoms with Crippen LogP contribution in [0.4, 0.5) is 22.7 Å². The van der Waals surface area contributed by atoms with Crippen LogP contribution in [-0.2, 0) is 0 Å². The molecule has 0 amide bonds. The van der Waals surface area contributed by atoms with Crippen molar-refractivity contribution in [3.63, 3.8) is 0 Å². The number of non-ortho nitro benzene ring substituents is 1. The maximum Gasteiger partial charge on any atom is 0.271 e. The minimum Gasteiger partial charge on any atom is -0.399 e. The fourth-order valence-electron chi connectivity index (χ4n) is 1.44. The second-order valence-corrected chi connectivity index (χ2v) is 4.08. The molecule has 2 rings (SSSR count). The van der Waals surface area contributed by atoms with Crippen molar-refractivity contribution < 1.29 is 4.92 Å². The predicted octanol–water partition coefficient (Wildman–Crippen LogP) is 3.57. The van der Waals surface area contributed by atoms with E-state index < -0.39 is 4.92 Å². The van der Waals surface area contributed by atoms with Gasteiger partial charge in [-0.3, -0.25) is 10.1 Å². The van der Waals surface area contributed by atoms with Crippen LogP contribution in [-0.4, -0.2) is 4.92 Å². The standard InChI is InChI=1S/C12H10ClN3O2/c13-11-7-10(16(17)18)5-6-12(11)15-9-3-1-8(14)2-4-9/h1-7,15H,14H2. The lowest BCUT2D eigenvalue weighted by atomic mass is 10.2. The number of nitrogens with two attached hydrogens (primary N) is 1. The van der Waals surface area contributed by atoms with E-state index in [0.717, 1.165) is 5.69 Å². The number of hydrogen-bond donors (Lipinski definition) is 2. The highest BCUT2D eigenvalue weighted by Gasteiger charge is 2.09. The second kappa shape index (κ2) is 4.93. The Morgan fingerprint density at radius 2 is 1.83 bits per heavy atom. The maximum atomic E-state index is 10.6. The molecular formula is C12H10ClN3O2. The number of nitrogens with one attached hydrogen (secondary N) is 1. The highest BCUT2D eigenvalue weighted by atomic mass is 35.5. The van der Waals surface area contributed by atoms with E-state index in [1.165, 1.54) is 12.1 Å². The Kier molecular flexibility index (Phi) is 3.34. The fourth-order valence-corrected chi connectivity index (χ4v) is 1.66. The molecule has 0 spiro atoms. The van der Waals surface area contributed by atoms with Crippen molar-refractivity contribution in [2.75, 3.05) is 11.1 Å². The molecule has 6 heteroatoms. The summed E-state index contributed by atoms with van der Waals surface area (Å²) < 4.78 is 0. The van der Waals surface area contributed by atoms with Gasteiger partial charge < -0.3 is 11.1 Å². The molecule has 0 atom stereocenters. The Morgan fingerprint density at radius 3 is 2.39 bits per heavy atom. The third-order valence-electron chi connectivity index (χ3n) is 2.35. The lowest BCUT2D eigenvalue weighted by Gasteiger charge is -2.08. The summed E-state index contributed by atoms with van der Waals surface area (Å²) in [4.78, 5) is 10.1. The molecular weight excluding hydrogens is 254 g/mol. The van der Waals surface area contributed by atoms with Crippen LogP contribution in [0.1, 0.15) is 0 Å². The summed E-state index contributed by atoms with van der Waals surface area (Å²) in [5, 5.41) is 13.9. The van der Waals surface area contributed by atoms with Gasteiger partial charge in [0.25, 0.3) is 5.69 Å². The molecule has 0 bridgehead atoms. The van der Waals surface area contributed by atoms with Crippen molar-refractivity contribution in [2.24, 2.45) is 0 Å². The molecule has 0 radical (unpaired) electrons. The number of nitrogens with zero attached hydrogens (tertiary/aromatic N) is 1. The summed E-state index contributed by atoms with van der Waals surface area (Å²) in [7, 11) is 0. The van der Waals surface area contributed by atoms with E-state index in [1.807, 2.05) is 0 Å². The molecule has 18 heavy (non-hydrogen) atoms. The first kappa shape index (κ1) is 12.2. The highest BCUT2D eigenvalue weighted by Crippen LogP contribution is 2.29. The number of benzene rings is 2. The van der Waals surface area contributed by atoms with Gasteiger partial charge in [-0.05, 0) is 30.3 Å². The summed E-state index contributed by atoms with van der Waals surface area (Å²) in [6.07, 6.45) is 0. The smallest absolute Gasteiger partial charge is 0.271 e. The second-order valence-electron chi connectivity index (χ2n) is 3.67. The van der Waals surface area contributed by atoms with E-state index in [9.17, 15) is 10.1 Å². The summed E-state index contributed by atoms with van der Waals surface area (Å²) in [5.74, 6) is 0. The molecule has 0 aliphatic carbocycles. The number of nitro groups is 1. The van der Waals surface area contributed by atoms with Crippen molar-refractivity contribution >= 4 is 34.4 Å². The van der Waals surface area contributed by atoms with E-state index in [1.54, 1.807) is 30.3 Å². The van der Waals surface area contributed by atoms with Crippen LogP contribution in [0.3, 0.4) is 0 Å². The van der Waals surface area contributed by atoms with Crippen LogP contribution in [0.5, 0.6) is 0 Å². The first-order chi connectivity index (χ1) is 8.56. The van der Waals surface area contributed by atoms with Crippen LogP contribution in [0, 0.1) is 10.1 Å². The minimum absolute atomic E-state index is 0.0390. The van der Waals surface area contributed by atoms with Gasteiger partial charge in [0.2, 0.25) is 0 Å². The van der Waals surface area contributed by atoms with Gasteiger partial charge >= 0.3 is 0 Å². The number of halogens is 1. The normalized spacial score (nSPS) is 10.1. The zero-order chi connectivity index (χ0) is 13.1. The highest BCUT2D eigenvalue weighted by molar-refractivity contribution is 6.33. The molecule has 0 aliphatic rings. The summed E-state index contributed by atoms with van der Waals surface area (Å²) in [6, 6.07) is 11.4. The van der Waals surface area contributed by atoms with Gasteiger partial charge in [-0.1, -0.05) is 11.6 Å². The third kappa shape index (κ3) is 2.70. The topological polar surface area (TPSA) is 81.2 Å². The molecule has 0 saturated carbocycles.